The Morgan fingerprint density at radius 2 is 1.54 bits per heavy atom. The summed E-state index contributed by atoms with van der Waals surface area (Å²) in [6.45, 7) is 0. The van der Waals surface area contributed by atoms with Crippen molar-refractivity contribution < 1.29 is 5.11 Å². The van der Waals surface area contributed by atoms with Crippen LogP contribution in [-0.2, 0) is 0 Å². The predicted octanol–water partition coefficient (Wildman–Crippen LogP) is 5.81. The van der Waals surface area contributed by atoms with Crippen LogP contribution in [-0.4, -0.2) is 5.11 Å². The smallest absolute Gasteiger partial charge is 0.0890 e. The number of aliphatic hydroxyl groups is 1. The molecule has 2 heteroatoms. The van der Waals surface area contributed by atoms with Crippen LogP contribution in [0, 0.1) is 29.6 Å². The molecule has 1 N–H and O–H groups in total. The average molecular weight is 385 g/mol. The van der Waals surface area contributed by atoms with E-state index in [4.69, 9.17) is 0 Å². The van der Waals surface area contributed by atoms with Gasteiger partial charge in [-0.15, -0.1) is 0 Å². The maximum atomic E-state index is 11.0. The van der Waals surface area contributed by atoms with E-state index in [0.717, 1.165) is 40.1 Å². The summed E-state index contributed by atoms with van der Waals surface area (Å²) in [5, 5.41) is 11.0. The second kappa shape index (κ2) is 5.85. The van der Waals surface area contributed by atoms with Gasteiger partial charge >= 0.3 is 0 Å². The van der Waals surface area contributed by atoms with Crippen LogP contribution in [0.4, 0.5) is 0 Å². The summed E-state index contributed by atoms with van der Waals surface area (Å²) in [7, 11) is 0. The van der Waals surface area contributed by atoms with E-state index in [-0.39, 0.29) is 5.92 Å². The zero-order chi connectivity index (χ0) is 16.3. The van der Waals surface area contributed by atoms with Gasteiger partial charge in [-0.3, -0.25) is 0 Å². The molecule has 0 radical (unpaired) electrons. The molecule has 1 aromatic rings. The lowest BCUT2D eigenvalue weighted by atomic mass is 9.53. The van der Waals surface area contributed by atoms with E-state index in [2.05, 4.69) is 40.2 Å². The Kier molecular flexibility index (Phi) is 3.75. The number of hydrogen-bond donors (Lipinski definition) is 1. The Morgan fingerprint density at radius 3 is 2.17 bits per heavy atom. The van der Waals surface area contributed by atoms with Crippen LogP contribution in [0.5, 0.6) is 0 Å². The molecule has 4 fully saturated rings. The molecular weight excluding hydrogens is 360 g/mol. The summed E-state index contributed by atoms with van der Waals surface area (Å²) in [5.74, 6) is 3.85. The van der Waals surface area contributed by atoms with Crippen molar-refractivity contribution >= 4 is 15.9 Å². The molecule has 0 aliphatic heterocycles. The first-order valence-corrected chi connectivity index (χ1v) is 10.3. The van der Waals surface area contributed by atoms with Crippen molar-refractivity contribution in [1.29, 1.82) is 0 Å². The lowest BCUT2D eigenvalue weighted by Crippen LogP contribution is -2.41. The van der Waals surface area contributed by atoms with Gasteiger partial charge in [0.25, 0.3) is 0 Å². The van der Waals surface area contributed by atoms with E-state index in [0.29, 0.717) is 0 Å². The monoisotopic (exact) mass is 384 g/mol. The number of rotatable bonds is 2. The highest BCUT2D eigenvalue weighted by Gasteiger charge is 2.47. The van der Waals surface area contributed by atoms with Crippen molar-refractivity contribution in [3.63, 3.8) is 0 Å². The molecule has 1 aromatic carbocycles. The standard InChI is InChI=1S/C22H25BrO/c23-18-6-4-15(5-7-18)22(24)20-3-1-2-19(20)21-16-9-13-8-14(11-16)12-17(21)10-13/h1,3-7,13-14,16-17,20,22,24H,2,8-12H2/t13?,14?,16?,17?,20-,22+/m0/s1. The van der Waals surface area contributed by atoms with E-state index in [1.807, 2.05) is 12.1 Å². The fourth-order valence-electron chi connectivity index (χ4n) is 6.28. The third kappa shape index (κ3) is 2.45. The summed E-state index contributed by atoms with van der Waals surface area (Å²) in [6, 6.07) is 8.18. The van der Waals surface area contributed by atoms with Crippen LogP contribution in [0.15, 0.2) is 52.0 Å². The molecule has 126 valence electrons. The van der Waals surface area contributed by atoms with Crippen molar-refractivity contribution in [2.45, 2.75) is 44.6 Å². The first-order valence-electron chi connectivity index (χ1n) is 9.52. The highest BCUT2D eigenvalue weighted by molar-refractivity contribution is 9.10. The molecule has 0 spiro atoms. The minimum Gasteiger partial charge on any atom is -0.387 e. The zero-order valence-corrected chi connectivity index (χ0v) is 15.6. The molecule has 0 amide bonds. The predicted molar refractivity (Wildman–Crippen MR) is 100 cm³/mol. The molecule has 0 saturated heterocycles. The van der Waals surface area contributed by atoms with Gasteiger partial charge in [0.15, 0.2) is 0 Å². The van der Waals surface area contributed by atoms with Gasteiger partial charge in [0.2, 0.25) is 0 Å². The van der Waals surface area contributed by atoms with Crippen LogP contribution < -0.4 is 0 Å². The highest BCUT2D eigenvalue weighted by Crippen LogP contribution is 2.58. The molecule has 1 nitrogen and oxygen atoms in total. The minimum atomic E-state index is -0.406. The van der Waals surface area contributed by atoms with Crippen molar-refractivity contribution in [3.05, 3.63) is 57.6 Å². The Morgan fingerprint density at radius 1 is 0.917 bits per heavy atom. The topological polar surface area (TPSA) is 20.2 Å². The average Bonchev–Trinajstić information content (AvgIpc) is 3.03. The van der Waals surface area contributed by atoms with E-state index < -0.39 is 6.10 Å². The molecule has 0 heterocycles. The van der Waals surface area contributed by atoms with E-state index in [1.54, 1.807) is 11.1 Å². The maximum absolute atomic E-state index is 11.0. The van der Waals surface area contributed by atoms with Gasteiger partial charge in [0.1, 0.15) is 0 Å². The highest BCUT2D eigenvalue weighted by atomic mass is 79.9. The number of hydrogen-bond acceptors (Lipinski definition) is 1. The van der Waals surface area contributed by atoms with Gasteiger partial charge in [0, 0.05) is 10.4 Å². The quantitative estimate of drug-likeness (QED) is 0.637. The van der Waals surface area contributed by atoms with Crippen molar-refractivity contribution in [2.24, 2.45) is 29.6 Å². The van der Waals surface area contributed by atoms with Gasteiger partial charge in [-0.05, 0) is 79.9 Å². The molecule has 4 saturated carbocycles. The Labute approximate surface area is 153 Å². The fourth-order valence-corrected chi connectivity index (χ4v) is 6.55. The number of allylic oxidation sites excluding steroid dienone is 2. The van der Waals surface area contributed by atoms with Crippen molar-refractivity contribution in [2.75, 3.05) is 0 Å². The third-order valence-corrected chi connectivity index (χ3v) is 7.55. The van der Waals surface area contributed by atoms with Crippen LogP contribution in [0.3, 0.4) is 0 Å². The van der Waals surface area contributed by atoms with Crippen LogP contribution in [0.1, 0.15) is 50.2 Å². The molecule has 0 unspecified atom stereocenters. The van der Waals surface area contributed by atoms with E-state index in [1.165, 1.54) is 32.1 Å². The molecule has 2 atom stereocenters. The molecular formula is C22H25BrO. The number of benzene rings is 1. The summed E-state index contributed by atoms with van der Waals surface area (Å²) < 4.78 is 1.07. The SMILES string of the molecule is O[C@H](c1ccc(Br)cc1)[C@H]1C=CCC1=C1C2CC3CC(C2)CC1C3. The fraction of sp³-hybridized carbons (Fsp3) is 0.545. The zero-order valence-electron chi connectivity index (χ0n) is 14.0. The molecule has 24 heavy (non-hydrogen) atoms. The van der Waals surface area contributed by atoms with Crippen molar-refractivity contribution in [3.8, 4) is 0 Å². The molecule has 0 aromatic heterocycles. The van der Waals surface area contributed by atoms with Gasteiger partial charge in [-0.2, -0.15) is 0 Å². The summed E-state index contributed by atoms with van der Waals surface area (Å²) >= 11 is 3.49. The minimum absolute atomic E-state index is 0.193. The summed E-state index contributed by atoms with van der Waals surface area (Å²) in [6.07, 6.45) is 12.4. The number of aliphatic hydroxyl groups excluding tert-OH is 1. The summed E-state index contributed by atoms with van der Waals surface area (Å²) in [5.41, 5.74) is 4.38. The first-order chi connectivity index (χ1) is 11.7. The van der Waals surface area contributed by atoms with Crippen LogP contribution in [0.2, 0.25) is 0 Å². The first kappa shape index (κ1) is 15.4. The van der Waals surface area contributed by atoms with Gasteiger partial charge in [0.05, 0.1) is 6.10 Å². The largest absolute Gasteiger partial charge is 0.387 e. The molecule has 5 aliphatic rings. The van der Waals surface area contributed by atoms with Gasteiger partial charge < -0.3 is 5.11 Å². The van der Waals surface area contributed by atoms with Gasteiger partial charge in [-0.25, -0.2) is 0 Å². The second-order valence-corrected chi connectivity index (χ2v) is 9.36. The molecule has 4 bridgehead atoms. The Balaban J connectivity index is 1.48. The molecule has 6 rings (SSSR count). The van der Waals surface area contributed by atoms with Crippen LogP contribution in [0.25, 0.3) is 0 Å². The normalized spacial score (nSPS) is 38.2. The van der Waals surface area contributed by atoms with E-state index >= 15 is 0 Å². The second-order valence-electron chi connectivity index (χ2n) is 8.44. The maximum Gasteiger partial charge on any atom is 0.0890 e. The summed E-state index contributed by atoms with van der Waals surface area (Å²) in [4.78, 5) is 0. The van der Waals surface area contributed by atoms with Gasteiger partial charge in [-0.1, -0.05) is 51.4 Å². The number of halogens is 1. The Hall–Kier alpha value is -0.860. The van der Waals surface area contributed by atoms with Crippen molar-refractivity contribution in [1.82, 2.24) is 0 Å². The third-order valence-electron chi connectivity index (χ3n) is 7.02. The lowest BCUT2D eigenvalue weighted by Gasteiger charge is -2.52. The molecule has 5 aliphatic carbocycles. The van der Waals surface area contributed by atoms with E-state index in [9.17, 15) is 5.11 Å². The van der Waals surface area contributed by atoms with Crippen LogP contribution >= 0.6 is 15.9 Å². The Bertz CT molecular complexity index is 669. The lowest BCUT2D eigenvalue weighted by molar-refractivity contribution is 0.0656.